The lowest BCUT2D eigenvalue weighted by atomic mass is 10.1. The molecule has 0 radical (unpaired) electrons. The largest absolute Gasteiger partial charge is 0.371 e. The molecule has 2 aliphatic heterocycles. The van der Waals surface area contributed by atoms with Gasteiger partial charge in [-0.3, -0.25) is 0 Å². The average molecular weight is 326 g/mol. The van der Waals surface area contributed by atoms with Crippen LogP contribution in [0, 0.1) is 0 Å². The molecule has 0 aromatic carbocycles. The molecule has 0 saturated carbocycles. The summed E-state index contributed by atoms with van der Waals surface area (Å²) in [5, 5.41) is 8.04. The summed E-state index contributed by atoms with van der Waals surface area (Å²) in [4.78, 5) is 13.3. The van der Waals surface area contributed by atoms with Crippen LogP contribution in [-0.2, 0) is 11.2 Å². The Kier molecular flexibility index (Phi) is 4.76. The van der Waals surface area contributed by atoms with E-state index in [2.05, 4.69) is 29.0 Å². The summed E-state index contributed by atoms with van der Waals surface area (Å²) in [6.07, 6.45) is 3.43. The lowest BCUT2D eigenvalue weighted by Crippen LogP contribution is -2.44. The number of amides is 2. The van der Waals surface area contributed by atoms with E-state index in [0.29, 0.717) is 6.54 Å². The molecule has 0 aliphatic carbocycles. The van der Waals surface area contributed by atoms with E-state index in [1.807, 2.05) is 11.8 Å². The summed E-state index contributed by atoms with van der Waals surface area (Å²) in [5.41, 5.74) is 1.24. The van der Waals surface area contributed by atoms with Crippen molar-refractivity contribution >= 4 is 29.1 Å². The molecule has 4 nitrogen and oxygen atoms in total. The van der Waals surface area contributed by atoms with Crippen LogP contribution in [-0.4, -0.2) is 36.2 Å². The summed E-state index contributed by atoms with van der Waals surface area (Å²) < 4.78 is 5.98. The van der Waals surface area contributed by atoms with Gasteiger partial charge in [-0.1, -0.05) is 0 Å². The topological polar surface area (TPSA) is 50.4 Å². The Bertz CT molecular complexity index is 498. The number of rotatable bonds is 4. The molecule has 1 aromatic heterocycles. The molecule has 2 aliphatic rings. The van der Waals surface area contributed by atoms with Crippen LogP contribution < -0.4 is 10.6 Å². The number of urea groups is 1. The number of carbonyl (C=O) groups excluding carboxylic acids is 1. The van der Waals surface area contributed by atoms with Gasteiger partial charge in [-0.25, -0.2) is 4.79 Å². The standard InChI is InChI=1S/C15H22N2O2S2/c1-15(5-2-7-21-15)10-17-14(18)16-9-12-11-4-8-20-13(11)3-6-19-12/h4,8,12H,2-3,5-7,9-10H2,1H3,(H2,16,17,18)/t12-,15-/m0/s1. The molecule has 1 saturated heterocycles. The number of nitrogens with one attached hydrogen (secondary N) is 2. The molecule has 2 atom stereocenters. The summed E-state index contributed by atoms with van der Waals surface area (Å²) in [5.74, 6) is 1.21. The fraction of sp³-hybridized carbons (Fsp3) is 0.667. The highest BCUT2D eigenvalue weighted by Crippen LogP contribution is 2.37. The van der Waals surface area contributed by atoms with Crippen LogP contribution in [0.15, 0.2) is 11.4 Å². The van der Waals surface area contributed by atoms with Crippen LogP contribution in [0.5, 0.6) is 0 Å². The zero-order chi connectivity index (χ0) is 14.7. The maximum Gasteiger partial charge on any atom is 0.314 e. The van der Waals surface area contributed by atoms with Crippen molar-refractivity contribution in [2.75, 3.05) is 25.4 Å². The van der Waals surface area contributed by atoms with Crippen molar-refractivity contribution in [3.63, 3.8) is 0 Å². The second kappa shape index (κ2) is 6.58. The summed E-state index contributed by atoms with van der Waals surface area (Å²) in [6, 6.07) is 2.02. The average Bonchev–Trinajstić information content (AvgIpc) is 3.12. The zero-order valence-corrected chi connectivity index (χ0v) is 13.9. The van der Waals surface area contributed by atoms with E-state index in [1.54, 1.807) is 11.3 Å². The van der Waals surface area contributed by atoms with E-state index < -0.39 is 0 Å². The molecule has 21 heavy (non-hydrogen) atoms. The first-order valence-electron chi connectivity index (χ1n) is 7.50. The molecule has 3 rings (SSSR count). The molecule has 1 fully saturated rings. The van der Waals surface area contributed by atoms with Gasteiger partial charge >= 0.3 is 6.03 Å². The molecule has 0 bridgehead atoms. The van der Waals surface area contributed by atoms with Gasteiger partial charge in [0.1, 0.15) is 6.10 Å². The van der Waals surface area contributed by atoms with Gasteiger partial charge in [-0.15, -0.1) is 11.3 Å². The number of hydrogen-bond donors (Lipinski definition) is 2. The van der Waals surface area contributed by atoms with Crippen LogP contribution in [0.2, 0.25) is 0 Å². The number of hydrogen-bond acceptors (Lipinski definition) is 4. The predicted molar refractivity (Wildman–Crippen MR) is 88.2 cm³/mol. The van der Waals surface area contributed by atoms with Crippen molar-refractivity contribution in [3.05, 3.63) is 21.9 Å². The lowest BCUT2D eigenvalue weighted by molar-refractivity contribution is 0.0454. The minimum absolute atomic E-state index is 0.00203. The molecular weight excluding hydrogens is 304 g/mol. The van der Waals surface area contributed by atoms with Gasteiger partial charge in [0.05, 0.1) is 6.61 Å². The SMILES string of the molecule is C[C@@]1(CNC(=O)NC[C@@H]2OCCc3sccc32)CCCS1. The van der Waals surface area contributed by atoms with Crippen molar-refractivity contribution in [2.24, 2.45) is 0 Å². The molecule has 6 heteroatoms. The monoisotopic (exact) mass is 326 g/mol. The van der Waals surface area contributed by atoms with Gasteiger partial charge in [0.2, 0.25) is 0 Å². The smallest absolute Gasteiger partial charge is 0.314 e. The quantitative estimate of drug-likeness (QED) is 0.894. The third-order valence-electron chi connectivity index (χ3n) is 4.15. The Hall–Kier alpha value is -0.720. The molecule has 116 valence electrons. The lowest BCUT2D eigenvalue weighted by Gasteiger charge is -2.25. The summed E-state index contributed by atoms with van der Waals surface area (Å²) in [6.45, 7) is 4.25. The van der Waals surface area contributed by atoms with Crippen molar-refractivity contribution in [3.8, 4) is 0 Å². The third-order valence-corrected chi connectivity index (χ3v) is 6.68. The first kappa shape index (κ1) is 15.2. The van der Waals surface area contributed by atoms with Crippen molar-refractivity contribution < 1.29 is 9.53 Å². The van der Waals surface area contributed by atoms with Crippen LogP contribution in [0.3, 0.4) is 0 Å². The number of carbonyl (C=O) groups is 1. The normalized spacial score (nSPS) is 28.1. The highest BCUT2D eigenvalue weighted by molar-refractivity contribution is 8.00. The third kappa shape index (κ3) is 3.73. The second-order valence-electron chi connectivity index (χ2n) is 5.87. The maximum absolute atomic E-state index is 12.0. The Labute approximate surface area is 134 Å². The van der Waals surface area contributed by atoms with E-state index >= 15 is 0 Å². The van der Waals surface area contributed by atoms with E-state index in [4.69, 9.17) is 4.74 Å². The van der Waals surface area contributed by atoms with E-state index in [1.165, 1.54) is 29.0 Å². The number of thioether (sulfide) groups is 1. The van der Waals surface area contributed by atoms with Gasteiger partial charge in [0.25, 0.3) is 0 Å². The number of thiophene rings is 1. The van der Waals surface area contributed by atoms with Crippen LogP contribution >= 0.6 is 23.1 Å². The van der Waals surface area contributed by atoms with Gasteiger partial charge in [0.15, 0.2) is 0 Å². The fourth-order valence-electron chi connectivity index (χ4n) is 2.88. The van der Waals surface area contributed by atoms with Crippen molar-refractivity contribution in [1.29, 1.82) is 0 Å². The van der Waals surface area contributed by atoms with E-state index in [-0.39, 0.29) is 16.9 Å². The Morgan fingerprint density at radius 3 is 3.24 bits per heavy atom. The molecule has 0 unspecified atom stereocenters. The Morgan fingerprint density at radius 1 is 1.52 bits per heavy atom. The molecule has 0 spiro atoms. The van der Waals surface area contributed by atoms with Crippen LogP contribution in [0.4, 0.5) is 4.79 Å². The number of fused-ring (bicyclic) bond motifs is 1. The second-order valence-corrected chi connectivity index (χ2v) is 8.56. The van der Waals surface area contributed by atoms with Crippen molar-refractivity contribution in [1.82, 2.24) is 10.6 Å². The summed E-state index contributed by atoms with van der Waals surface area (Å²) in [7, 11) is 0. The minimum Gasteiger partial charge on any atom is -0.371 e. The first-order valence-corrected chi connectivity index (χ1v) is 9.36. The Balaban J connectivity index is 1.44. The van der Waals surface area contributed by atoms with Crippen molar-refractivity contribution in [2.45, 2.75) is 37.0 Å². The fourth-order valence-corrected chi connectivity index (χ4v) is 5.04. The van der Waals surface area contributed by atoms with Gasteiger partial charge in [-0.05, 0) is 42.5 Å². The molecular formula is C15H22N2O2S2. The molecule has 2 N–H and O–H groups in total. The number of ether oxygens (including phenoxy) is 1. The Morgan fingerprint density at radius 2 is 2.43 bits per heavy atom. The highest BCUT2D eigenvalue weighted by atomic mass is 32.2. The van der Waals surface area contributed by atoms with E-state index in [0.717, 1.165) is 19.6 Å². The zero-order valence-electron chi connectivity index (χ0n) is 12.3. The predicted octanol–water partition coefficient (Wildman–Crippen LogP) is 2.95. The first-order chi connectivity index (χ1) is 10.2. The minimum atomic E-state index is -0.0883. The molecule has 3 heterocycles. The van der Waals surface area contributed by atoms with Gasteiger partial charge < -0.3 is 15.4 Å². The molecule has 2 amide bonds. The summed E-state index contributed by atoms with van der Waals surface area (Å²) >= 11 is 3.74. The van der Waals surface area contributed by atoms with Gasteiger partial charge in [0, 0.05) is 29.1 Å². The molecule has 1 aromatic rings. The van der Waals surface area contributed by atoms with Crippen LogP contribution in [0.1, 0.15) is 36.3 Å². The van der Waals surface area contributed by atoms with E-state index in [9.17, 15) is 4.79 Å². The maximum atomic E-state index is 12.0. The van der Waals surface area contributed by atoms with Gasteiger partial charge in [-0.2, -0.15) is 11.8 Å². The van der Waals surface area contributed by atoms with Crippen LogP contribution in [0.25, 0.3) is 0 Å². The highest BCUT2D eigenvalue weighted by Gasteiger charge is 2.30.